The zero-order valence-corrected chi connectivity index (χ0v) is 19.1. The quantitative estimate of drug-likeness (QED) is 0.315. The first-order valence-corrected chi connectivity index (χ1v) is 12.2. The highest BCUT2D eigenvalue weighted by molar-refractivity contribution is 7.21. The van der Waals surface area contributed by atoms with E-state index in [9.17, 15) is 4.79 Å². The molecule has 3 aromatic heterocycles. The minimum atomic E-state index is -0.0711. The number of carbonyl (C=O) groups excluding carboxylic acids is 1. The zero-order chi connectivity index (χ0) is 22.2. The Morgan fingerprint density at radius 1 is 0.909 bits per heavy atom. The van der Waals surface area contributed by atoms with Crippen molar-refractivity contribution in [1.29, 1.82) is 0 Å². The summed E-state index contributed by atoms with van der Waals surface area (Å²) in [6.07, 6.45) is 2.26. The molecule has 0 atom stereocenters. The lowest BCUT2D eigenvalue weighted by Crippen LogP contribution is -2.15. The van der Waals surface area contributed by atoms with Gasteiger partial charge in [-0.1, -0.05) is 54.6 Å². The third-order valence-electron chi connectivity index (χ3n) is 5.42. The number of nitrogens with one attached hydrogen (secondary N) is 1. The number of carbonyl (C=O) groups is 1. The van der Waals surface area contributed by atoms with E-state index in [1.165, 1.54) is 0 Å². The van der Waals surface area contributed by atoms with E-state index in [-0.39, 0.29) is 12.3 Å². The maximum Gasteiger partial charge on any atom is 0.230 e. The first-order valence-electron chi connectivity index (χ1n) is 10.5. The summed E-state index contributed by atoms with van der Waals surface area (Å²) in [7, 11) is 0. The van der Waals surface area contributed by atoms with Gasteiger partial charge in [-0.25, -0.2) is 9.97 Å². The van der Waals surface area contributed by atoms with Gasteiger partial charge in [0.05, 0.1) is 28.0 Å². The summed E-state index contributed by atoms with van der Waals surface area (Å²) < 4.78 is 3.13. The second-order valence-electron chi connectivity index (χ2n) is 7.63. The molecule has 0 aliphatic carbocycles. The highest BCUT2D eigenvalue weighted by Gasteiger charge is 2.15. The number of para-hydroxylation sites is 2. The van der Waals surface area contributed by atoms with Crippen LogP contribution < -0.4 is 5.32 Å². The first kappa shape index (κ1) is 19.8. The average Bonchev–Trinajstić information content (AvgIpc) is 3.55. The number of benzene rings is 3. The van der Waals surface area contributed by atoms with Crippen LogP contribution in [0.25, 0.3) is 37.0 Å². The molecule has 1 amide bonds. The number of fused-ring (bicyclic) bond motifs is 2. The van der Waals surface area contributed by atoms with Gasteiger partial charge in [-0.05, 0) is 24.3 Å². The number of imidazole rings is 1. The first-order chi connectivity index (χ1) is 16.2. The lowest BCUT2D eigenvalue weighted by atomic mass is 10.1. The van der Waals surface area contributed by atoms with E-state index in [4.69, 9.17) is 9.97 Å². The summed E-state index contributed by atoms with van der Waals surface area (Å²) in [6, 6.07) is 26.0. The second-order valence-corrected chi connectivity index (χ2v) is 9.50. The molecule has 1 N–H and O–H groups in total. The molecule has 5 nitrogen and oxygen atoms in total. The topological polar surface area (TPSA) is 59.3 Å². The van der Waals surface area contributed by atoms with Gasteiger partial charge in [-0.3, -0.25) is 9.20 Å². The van der Waals surface area contributed by atoms with E-state index in [2.05, 4.69) is 11.4 Å². The van der Waals surface area contributed by atoms with Gasteiger partial charge >= 0.3 is 0 Å². The van der Waals surface area contributed by atoms with E-state index in [1.807, 2.05) is 88.8 Å². The van der Waals surface area contributed by atoms with Crippen molar-refractivity contribution >= 4 is 49.4 Å². The second kappa shape index (κ2) is 8.27. The maximum atomic E-state index is 13.0. The fourth-order valence-corrected chi connectivity index (χ4v) is 5.71. The van der Waals surface area contributed by atoms with E-state index in [0.29, 0.717) is 0 Å². The summed E-state index contributed by atoms with van der Waals surface area (Å²) in [5, 5.41) is 5.99. The van der Waals surface area contributed by atoms with Crippen LogP contribution in [-0.4, -0.2) is 20.3 Å². The van der Waals surface area contributed by atoms with Crippen molar-refractivity contribution < 1.29 is 4.79 Å². The van der Waals surface area contributed by atoms with Gasteiger partial charge < -0.3 is 5.32 Å². The molecule has 3 heterocycles. The number of rotatable bonds is 5. The van der Waals surface area contributed by atoms with Crippen molar-refractivity contribution in [2.45, 2.75) is 6.42 Å². The number of amides is 1. The lowest BCUT2D eigenvalue weighted by molar-refractivity contribution is -0.115. The van der Waals surface area contributed by atoms with Crippen molar-refractivity contribution in [3.8, 4) is 21.8 Å². The third-order valence-corrected chi connectivity index (χ3v) is 7.38. The number of hydrogen-bond acceptors (Lipinski definition) is 5. The molecule has 0 aliphatic rings. The number of hydrogen-bond donors (Lipinski definition) is 1. The fourth-order valence-electron chi connectivity index (χ4n) is 3.83. The van der Waals surface area contributed by atoms with Gasteiger partial charge in [0.25, 0.3) is 0 Å². The Balaban J connectivity index is 1.26. The molecule has 6 aromatic rings. The Labute approximate surface area is 198 Å². The van der Waals surface area contributed by atoms with Crippen LogP contribution in [-0.2, 0) is 11.2 Å². The van der Waals surface area contributed by atoms with Crippen LogP contribution in [0, 0.1) is 0 Å². The number of aromatic nitrogens is 3. The van der Waals surface area contributed by atoms with Gasteiger partial charge in [-0.2, -0.15) is 0 Å². The van der Waals surface area contributed by atoms with Crippen LogP contribution >= 0.6 is 22.7 Å². The number of thiazole rings is 2. The molecular weight excluding hydrogens is 448 g/mol. The Morgan fingerprint density at radius 2 is 1.70 bits per heavy atom. The van der Waals surface area contributed by atoms with Gasteiger partial charge in [0, 0.05) is 28.4 Å². The molecule has 0 bridgehead atoms. The van der Waals surface area contributed by atoms with Gasteiger partial charge in [0.2, 0.25) is 5.91 Å². The van der Waals surface area contributed by atoms with Crippen molar-refractivity contribution in [3.05, 3.63) is 96.1 Å². The minimum Gasteiger partial charge on any atom is -0.325 e. The number of nitrogens with zero attached hydrogens (tertiary/aromatic N) is 3. The van der Waals surface area contributed by atoms with Gasteiger partial charge in [0.15, 0.2) is 4.96 Å². The Hall–Kier alpha value is -3.81. The summed E-state index contributed by atoms with van der Waals surface area (Å²) in [6.45, 7) is 0. The standard InChI is InChI=1S/C26H18N4OS2/c31-24(14-18-16-32-26-29-22(15-30(18)26)17-8-2-1-3-9-17)27-20-11-5-4-10-19(20)25-28-21-12-6-7-13-23(21)33-25/h1-13,15-16H,14H2,(H,27,31). The predicted molar refractivity (Wildman–Crippen MR) is 136 cm³/mol. The molecule has 0 spiro atoms. The Bertz CT molecular complexity index is 1560. The van der Waals surface area contributed by atoms with E-state index in [0.717, 1.165) is 48.4 Å². The van der Waals surface area contributed by atoms with E-state index < -0.39 is 0 Å². The molecule has 0 radical (unpaired) electrons. The summed E-state index contributed by atoms with van der Waals surface area (Å²) in [5.74, 6) is -0.0711. The molecule has 6 rings (SSSR count). The summed E-state index contributed by atoms with van der Waals surface area (Å²) in [5.41, 5.74) is 5.55. The Morgan fingerprint density at radius 3 is 2.58 bits per heavy atom. The lowest BCUT2D eigenvalue weighted by Gasteiger charge is -2.09. The van der Waals surface area contributed by atoms with Crippen LogP contribution in [0.3, 0.4) is 0 Å². The zero-order valence-electron chi connectivity index (χ0n) is 17.4. The Kier molecular flexibility index (Phi) is 4.97. The largest absolute Gasteiger partial charge is 0.325 e. The van der Waals surface area contributed by atoms with E-state index >= 15 is 0 Å². The van der Waals surface area contributed by atoms with Crippen LogP contribution in [0.5, 0.6) is 0 Å². The highest BCUT2D eigenvalue weighted by Crippen LogP contribution is 2.34. The number of anilines is 1. The maximum absolute atomic E-state index is 13.0. The van der Waals surface area contributed by atoms with Gasteiger partial charge in [-0.15, -0.1) is 22.7 Å². The highest BCUT2D eigenvalue weighted by atomic mass is 32.1. The van der Waals surface area contributed by atoms with E-state index in [1.54, 1.807) is 22.7 Å². The van der Waals surface area contributed by atoms with Crippen LogP contribution in [0.2, 0.25) is 0 Å². The predicted octanol–water partition coefficient (Wildman–Crippen LogP) is 6.52. The SMILES string of the molecule is O=C(Cc1csc2nc(-c3ccccc3)cn12)Nc1ccccc1-c1nc2ccccc2s1. The van der Waals surface area contributed by atoms with Crippen molar-refractivity contribution in [3.63, 3.8) is 0 Å². The van der Waals surface area contributed by atoms with Crippen LogP contribution in [0.4, 0.5) is 5.69 Å². The average molecular weight is 467 g/mol. The molecule has 160 valence electrons. The molecule has 0 aliphatic heterocycles. The monoisotopic (exact) mass is 466 g/mol. The molecule has 0 saturated heterocycles. The smallest absolute Gasteiger partial charge is 0.230 e. The van der Waals surface area contributed by atoms with Crippen molar-refractivity contribution in [2.75, 3.05) is 5.32 Å². The summed E-state index contributed by atoms with van der Waals surface area (Å²) in [4.78, 5) is 23.3. The third kappa shape index (κ3) is 3.82. The molecule has 0 fully saturated rings. The van der Waals surface area contributed by atoms with Gasteiger partial charge in [0.1, 0.15) is 5.01 Å². The van der Waals surface area contributed by atoms with Crippen LogP contribution in [0.15, 0.2) is 90.4 Å². The van der Waals surface area contributed by atoms with Crippen molar-refractivity contribution in [1.82, 2.24) is 14.4 Å². The summed E-state index contributed by atoms with van der Waals surface area (Å²) >= 11 is 3.17. The molecule has 0 saturated carbocycles. The minimum absolute atomic E-state index is 0.0711. The molecule has 33 heavy (non-hydrogen) atoms. The fraction of sp³-hybridized carbons (Fsp3) is 0.0385. The molecule has 7 heteroatoms. The molecule has 3 aromatic carbocycles. The molecular formula is C26H18N4OS2. The molecule has 0 unspecified atom stereocenters. The van der Waals surface area contributed by atoms with Crippen LogP contribution in [0.1, 0.15) is 5.69 Å². The van der Waals surface area contributed by atoms with Crippen molar-refractivity contribution in [2.24, 2.45) is 0 Å². The normalized spacial score (nSPS) is 11.3.